The molecule has 1 unspecified atom stereocenters. The van der Waals surface area contributed by atoms with E-state index in [0.717, 1.165) is 22.3 Å². The standard InChI is InChI=1S/C25H30N2O5/c1-4-13-25(3,23(29)30)27-22(28)14-16(2)26-24(31)32-15-21-19-11-7-5-9-17(19)18-10-6-8-12-20(18)21/h5-12,16,21H,4,13-15H2,1-3H3,(H,26,31)(H,27,28)(H,29,30)/t16-,25?/m1/s1. The highest BCUT2D eigenvalue weighted by Crippen LogP contribution is 2.44. The van der Waals surface area contributed by atoms with Crippen LogP contribution in [0.4, 0.5) is 4.79 Å². The summed E-state index contributed by atoms with van der Waals surface area (Å²) in [4.78, 5) is 36.1. The van der Waals surface area contributed by atoms with Crippen LogP contribution in [0.2, 0.25) is 0 Å². The quantitative estimate of drug-likeness (QED) is 0.548. The van der Waals surface area contributed by atoms with Crippen LogP contribution in [0.1, 0.15) is 57.1 Å². The van der Waals surface area contributed by atoms with Crippen molar-refractivity contribution in [2.75, 3.05) is 6.61 Å². The zero-order valence-electron chi connectivity index (χ0n) is 18.7. The highest BCUT2D eigenvalue weighted by atomic mass is 16.5. The summed E-state index contributed by atoms with van der Waals surface area (Å²) in [6, 6.07) is 15.7. The number of alkyl carbamates (subject to hydrolysis) is 1. The minimum atomic E-state index is -1.32. The molecule has 2 amide bonds. The maximum Gasteiger partial charge on any atom is 0.407 e. The number of aliphatic carboxylic acids is 1. The van der Waals surface area contributed by atoms with Crippen molar-refractivity contribution in [3.8, 4) is 11.1 Å². The van der Waals surface area contributed by atoms with Gasteiger partial charge in [0.1, 0.15) is 12.1 Å². The molecule has 0 fully saturated rings. The molecule has 0 heterocycles. The molecule has 7 nitrogen and oxygen atoms in total. The summed E-state index contributed by atoms with van der Waals surface area (Å²) in [5.74, 6) is -1.56. The van der Waals surface area contributed by atoms with Gasteiger partial charge in [0.15, 0.2) is 0 Å². The Kier molecular flexibility index (Phi) is 7.18. The smallest absolute Gasteiger partial charge is 0.407 e. The number of amides is 2. The monoisotopic (exact) mass is 438 g/mol. The molecule has 170 valence electrons. The van der Waals surface area contributed by atoms with Crippen molar-refractivity contribution in [1.29, 1.82) is 0 Å². The SMILES string of the molecule is CCCC(C)(NC(=O)C[C@@H](C)NC(=O)OCC1c2ccccc2-c2ccccc21)C(=O)O. The summed E-state index contributed by atoms with van der Waals surface area (Å²) >= 11 is 0. The third-order valence-corrected chi connectivity index (χ3v) is 5.84. The molecule has 1 aliphatic carbocycles. The Morgan fingerprint density at radius 2 is 1.62 bits per heavy atom. The zero-order chi connectivity index (χ0) is 23.3. The second kappa shape index (κ2) is 9.85. The van der Waals surface area contributed by atoms with E-state index in [1.807, 2.05) is 43.3 Å². The minimum absolute atomic E-state index is 0.0444. The lowest BCUT2D eigenvalue weighted by Crippen LogP contribution is -2.53. The predicted molar refractivity (Wildman–Crippen MR) is 121 cm³/mol. The van der Waals surface area contributed by atoms with Crippen LogP contribution in [-0.4, -0.2) is 41.3 Å². The number of benzene rings is 2. The second-order valence-corrected chi connectivity index (χ2v) is 8.51. The Hall–Kier alpha value is -3.35. The molecule has 2 aromatic carbocycles. The molecule has 32 heavy (non-hydrogen) atoms. The van der Waals surface area contributed by atoms with Crippen LogP contribution in [0.3, 0.4) is 0 Å². The van der Waals surface area contributed by atoms with Gasteiger partial charge >= 0.3 is 12.1 Å². The van der Waals surface area contributed by atoms with E-state index in [-0.39, 0.29) is 18.9 Å². The van der Waals surface area contributed by atoms with Crippen molar-refractivity contribution < 1.29 is 24.2 Å². The van der Waals surface area contributed by atoms with E-state index in [2.05, 4.69) is 22.8 Å². The normalized spacial score (nSPS) is 15.1. The van der Waals surface area contributed by atoms with Gasteiger partial charge in [0.05, 0.1) is 0 Å². The van der Waals surface area contributed by atoms with Crippen LogP contribution >= 0.6 is 0 Å². The average Bonchev–Trinajstić information content (AvgIpc) is 3.06. The number of rotatable bonds is 9. The number of fused-ring (bicyclic) bond motifs is 3. The molecule has 0 spiro atoms. The fourth-order valence-corrected chi connectivity index (χ4v) is 4.25. The molecular weight excluding hydrogens is 408 g/mol. The van der Waals surface area contributed by atoms with E-state index in [0.29, 0.717) is 12.8 Å². The molecule has 0 aliphatic heterocycles. The Bertz CT molecular complexity index is 960. The van der Waals surface area contributed by atoms with Gasteiger partial charge in [-0.05, 0) is 42.5 Å². The lowest BCUT2D eigenvalue weighted by atomic mass is 9.96. The van der Waals surface area contributed by atoms with E-state index < -0.39 is 29.6 Å². The zero-order valence-corrected chi connectivity index (χ0v) is 18.7. The van der Waals surface area contributed by atoms with Crippen LogP contribution in [0.5, 0.6) is 0 Å². The predicted octanol–water partition coefficient (Wildman–Crippen LogP) is 4.06. The third kappa shape index (κ3) is 5.10. The molecule has 3 N–H and O–H groups in total. The average molecular weight is 439 g/mol. The van der Waals surface area contributed by atoms with E-state index in [1.54, 1.807) is 6.92 Å². The first-order valence-corrected chi connectivity index (χ1v) is 10.9. The Morgan fingerprint density at radius 3 is 2.16 bits per heavy atom. The number of hydrogen-bond donors (Lipinski definition) is 3. The van der Waals surface area contributed by atoms with E-state index in [1.165, 1.54) is 6.92 Å². The largest absolute Gasteiger partial charge is 0.480 e. The van der Waals surface area contributed by atoms with Gasteiger partial charge < -0.3 is 20.5 Å². The molecule has 7 heteroatoms. The number of carbonyl (C=O) groups excluding carboxylic acids is 2. The highest BCUT2D eigenvalue weighted by Gasteiger charge is 2.34. The van der Waals surface area contributed by atoms with Gasteiger partial charge in [-0.2, -0.15) is 0 Å². The molecule has 2 atom stereocenters. The number of hydrogen-bond acceptors (Lipinski definition) is 4. The summed E-state index contributed by atoms with van der Waals surface area (Å²) < 4.78 is 5.49. The minimum Gasteiger partial charge on any atom is -0.480 e. The number of carboxylic acids is 1. The molecule has 0 radical (unpaired) electrons. The Morgan fingerprint density at radius 1 is 1.06 bits per heavy atom. The maximum absolute atomic E-state index is 12.4. The van der Waals surface area contributed by atoms with Crippen molar-refractivity contribution >= 4 is 18.0 Å². The van der Waals surface area contributed by atoms with Crippen LogP contribution in [-0.2, 0) is 14.3 Å². The first kappa shape index (κ1) is 23.3. The molecular formula is C25H30N2O5. The lowest BCUT2D eigenvalue weighted by molar-refractivity contribution is -0.147. The summed E-state index contributed by atoms with van der Waals surface area (Å²) in [6.07, 6.45) is 0.289. The first-order valence-electron chi connectivity index (χ1n) is 10.9. The molecule has 0 aromatic heterocycles. The van der Waals surface area contributed by atoms with Gasteiger partial charge in [-0.25, -0.2) is 9.59 Å². The first-order chi connectivity index (χ1) is 15.2. The van der Waals surface area contributed by atoms with Gasteiger partial charge in [0.25, 0.3) is 0 Å². The van der Waals surface area contributed by atoms with Crippen LogP contribution < -0.4 is 10.6 Å². The van der Waals surface area contributed by atoms with Crippen molar-refractivity contribution in [2.45, 2.75) is 57.5 Å². The molecule has 0 bridgehead atoms. The van der Waals surface area contributed by atoms with Crippen LogP contribution in [0.25, 0.3) is 11.1 Å². The third-order valence-electron chi connectivity index (χ3n) is 5.84. The number of carboxylic acid groups (broad SMARTS) is 1. The van der Waals surface area contributed by atoms with Crippen LogP contribution in [0.15, 0.2) is 48.5 Å². The van der Waals surface area contributed by atoms with Crippen LogP contribution in [0, 0.1) is 0 Å². The van der Waals surface area contributed by atoms with E-state index in [9.17, 15) is 19.5 Å². The lowest BCUT2D eigenvalue weighted by Gasteiger charge is -2.26. The molecule has 0 saturated carbocycles. The van der Waals surface area contributed by atoms with Crippen molar-refractivity contribution in [3.05, 3.63) is 59.7 Å². The number of nitrogens with one attached hydrogen (secondary N) is 2. The van der Waals surface area contributed by atoms with Gasteiger partial charge in [-0.15, -0.1) is 0 Å². The van der Waals surface area contributed by atoms with Gasteiger partial charge in [0, 0.05) is 18.4 Å². The fourth-order valence-electron chi connectivity index (χ4n) is 4.25. The van der Waals surface area contributed by atoms with E-state index >= 15 is 0 Å². The summed E-state index contributed by atoms with van der Waals surface area (Å²) in [5, 5.41) is 14.6. The van der Waals surface area contributed by atoms with Crippen molar-refractivity contribution in [1.82, 2.24) is 10.6 Å². The second-order valence-electron chi connectivity index (χ2n) is 8.51. The molecule has 1 aliphatic rings. The molecule has 0 saturated heterocycles. The topological polar surface area (TPSA) is 105 Å². The fraction of sp³-hybridized carbons (Fsp3) is 0.400. The van der Waals surface area contributed by atoms with Gasteiger partial charge in [0.2, 0.25) is 5.91 Å². The summed E-state index contributed by atoms with van der Waals surface area (Å²) in [6.45, 7) is 5.21. The Labute approximate surface area is 188 Å². The van der Waals surface area contributed by atoms with Gasteiger partial charge in [-0.1, -0.05) is 61.9 Å². The van der Waals surface area contributed by atoms with Crippen molar-refractivity contribution in [3.63, 3.8) is 0 Å². The Balaban J connectivity index is 1.54. The molecule has 2 aromatic rings. The number of carbonyl (C=O) groups is 3. The van der Waals surface area contributed by atoms with E-state index in [4.69, 9.17) is 4.74 Å². The maximum atomic E-state index is 12.4. The number of ether oxygens (including phenoxy) is 1. The summed E-state index contributed by atoms with van der Waals surface area (Å²) in [7, 11) is 0. The van der Waals surface area contributed by atoms with Crippen molar-refractivity contribution in [2.24, 2.45) is 0 Å². The summed E-state index contributed by atoms with van der Waals surface area (Å²) in [5.41, 5.74) is 3.22. The van der Waals surface area contributed by atoms with Gasteiger partial charge in [-0.3, -0.25) is 4.79 Å². The highest BCUT2D eigenvalue weighted by molar-refractivity contribution is 5.87. The molecule has 3 rings (SSSR count).